The van der Waals surface area contributed by atoms with Crippen molar-refractivity contribution in [1.29, 1.82) is 0 Å². The summed E-state index contributed by atoms with van der Waals surface area (Å²) in [5.41, 5.74) is 1.48. The van der Waals surface area contributed by atoms with E-state index in [2.05, 4.69) is 15.2 Å². The molecule has 0 fully saturated rings. The topological polar surface area (TPSA) is 73.1 Å². The summed E-state index contributed by atoms with van der Waals surface area (Å²) in [4.78, 5) is 18.4. The lowest BCUT2D eigenvalue weighted by Gasteiger charge is -2.27. The molecule has 2 aromatic heterocycles. The van der Waals surface area contributed by atoms with Gasteiger partial charge in [-0.25, -0.2) is 4.98 Å². The fourth-order valence-electron chi connectivity index (χ4n) is 2.97. The first-order valence-electron chi connectivity index (χ1n) is 8.13. The number of carbonyl (C=O) groups excluding carboxylic acids is 1. The third kappa shape index (κ3) is 3.01. The summed E-state index contributed by atoms with van der Waals surface area (Å²) in [6.45, 7) is 1.62. The Balaban J connectivity index is 1.55. The van der Waals surface area contributed by atoms with Crippen molar-refractivity contribution in [2.75, 3.05) is 13.7 Å². The molecular weight excluding hydrogens is 354 g/mol. The molecular formula is C18H16ClN5O2. The number of rotatable bonds is 3. The summed E-state index contributed by atoms with van der Waals surface area (Å²) in [5, 5.41) is 8.94. The van der Waals surface area contributed by atoms with Crippen LogP contribution in [0.4, 0.5) is 0 Å². The summed E-state index contributed by atoms with van der Waals surface area (Å²) in [6, 6.07) is 11.0. The Hall–Kier alpha value is -2.93. The molecule has 1 aromatic carbocycles. The third-order valence-electron chi connectivity index (χ3n) is 4.36. The average molecular weight is 370 g/mol. The van der Waals surface area contributed by atoms with Crippen LogP contribution in [0, 0.1) is 0 Å². The zero-order valence-corrected chi connectivity index (χ0v) is 14.8. The number of amides is 1. The zero-order chi connectivity index (χ0) is 18.1. The van der Waals surface area contributed by atoms with Crippen LogP contribution in [0.1, 0.15) is 16.2 Å². The maximum atomic E-state index is 12.6. The predicted octanol–water partition coefficient (Wildman–Crippen LogP) is 2.66. The normalized spacial score (nSPS) is 13.4. The van der Waals surface area contributed by atoms with E-state index in [4.69, 9.17) is 16.3 Å². The highest BCUT2D eigenvalue weighted by Gasteiger charge is 2.25. The highest BCUT2D eigenvalue weighted by molar-refractivity contribution is 6.29. The van der Waals surface area contributed by atoms with Gasteiger partial charge in [-0.05, 0) is 36.4 Å². The second-order valence-electron chi connectivity index (χ2n) is 5.92. The van der Waals surface area contributed by atoms with Gasteiger partial charge >= 0.3 is 0 Å². The van der Waals surface area contributed by atoms with E-state index >= 15 is 0 Å². The number of nitrogens with zero attached hydrogens (tertiary/aromatic N) is 5. The number of hydrogen-bond acceptors (Lipinski definition) is 5. The molecule has 0 unspecified atom stereocenters. The number of benzene rings is 1. The monoisotopic (exact) mass is 369 g/mol. The van der Waals surface area contributed by atoms with E-state index in [1.807, 2.05) is 28.8 Å². The summed E-state index contributed by atoms with van der Waals surface area (Å²) in [6.07, 6.45) is 1.49. The maximum Gasteiger partial charge on any atom is 0.255 e. The molecule has 1 aliphatic heterocycles. The highest BCUT2D eigenvalue weighted by atomic mass is 35.5. The van der Waals surface area contributed by atoms with Gasteiger partial charge in [-0.15, -0.1) is 10.2 Å². The van der Waals surface area contributed by atoms with Crippen molar-refractivity contribution in [3.8, 4) is 17.1 Å². The highest BCUT2D eigenvalue weighted by Crippen LogP contribution is 2.24. The van der Waals surface area contributed by atoms with E-state index in [0.717, 1.165) is 23.0 Å². The molecule has 3 aromatic rings. The lowest BCUT2D eigenvalue weighted by Crippen LogP contribution is -2.38. The first-order chi connectivity index (χ1) is 12.7. The Labute approximate surface area is 155 Å². The molecule has 0 saturated heterocycles. The molecule has 26 heavy (non-hydrogen) atoms. The standard InChI is InChI=1S/C18H16ClN5O2/c1-26-14-5-2-12(3-6-14)17-22-21-16-11-23(8-9-24(16)17)18(25)13-4-7-15(19)20-10-13/h2-7,10H,8-9,11H2,1H3. The van der Waals surface area contributed by atoms with E-state index in [1.54, 1.807) is 24.1 Å². The van der Waals surface area contributed by atoms with Crippen molar-refractivity contribution in [2.24, 2.45) is 0 Å². The molecule has 7 nitrogen and oxygen atoms in total. The fraction of sp³-hybridized carbons (Fsp3) is 0.222. The van der Waals surface area contributed by atoms with Crippen molar-refractivity contribution in [2.45, 2.75) is 13.1 Å². The molecule has 0 radical (unpaired) electrons. The molecule has 0 atom stereocenters. The van der Waals surface area contributed by atoms with Gasteiger partial charge in [0, 0.05) is 24.8 Å². The van der Waals surface area contributed by atoms with Gasteiger partial charge in [0.05, 0.1) is 19.2 Å². The molecule has 3 heterocycles. The number of ether oxygens (including phenoxy) is 1. The van der Waals surface area contributed by atoms with Gasteiger partial charge in [0.25, 0.3) is 5.91 Å². The summed E-state index contributed by atoms with van der Waals surface area (Å²) >= 11 is 5.78. The first-order valence-corrected chi connectivity index (χ1v) is 8.51. The Bertz CT molecular complexity index is 937. The second kappa shape index (κ2) is 6.76. The van der Waals surface area contributed by atoms with Crippen LogP contribution in [0.5, 0.6) is 5.75 Å². The van der Waals surface area contributed by atoms with Crippen LogP contribution < -0.4 is 4.74 Å². The van der Waals surface area contributed by atoms with Gasteiger partial charge in [-0.1, -0.05) is 11.6 Å². The molecule has 0 spiro atoms. The van der Waals surface area contributed by atoms with E-state index < -0.39 is 0 Å². The smallest absolute Gasteiger partial charge is 0.255 e. The Morgan fingerprint density at radius 3 is 2.62 bits per heavy atom. The SMILES string of the molecule is COc1ccc(-c2nnc3n2CCN(C(=O)c2ccc(Cl)nc2)C3)cc1. The average Bonchev–Trinajstić information content (AvgIpc) is 3.11. The van der Waals surface area contributed by atoms with Crippen LogP contribution in [0.3, 0.4) is 0 Å². The van der Waals surface area contributed by atoms with E-state index in [0.29, 0.717) is 30.4 Å². The number of methoxy groups -OCH3 is 1. The summed E-state index contributed by atoms with van der Waals surface area (Å²) in [7, 11) is 1.63. The minimum Gasteiger partial charge on any atom is -0.497 e. The van der Waals surface area contributed by atoms with Crippen LogP contribution in [-0.4, -0.2) is 44.2 Å². The predicted molar refractivity (Wildman–Crippen MR) is 96.0 cm³/mol. The van der Waals surface area contributed by atoms with Crippen LogP contribution in [0.15, 0.2) is 42.6 Å². The fourth-order valence-corrected chi connectivity index (χ4v) is 3.08. The number of hydrogen-bond donors (Lipinski definition) is 0. The molecule has 0 bridgehead atoms. The summed E-state index contributed by atoms with van der Waals surface area (Å²) in [5.74, 6) is 2.26. The van der Waals surface area contributed by atoms with E-state index in [9.17, 15) is 4.79 Å². The first kappa shape index (κ1) is 16.5. The minimum atomic E-state index is -0.0885. The van der Waals surface area contributed by atoms with Gasteiger partial charge in [-0.3, -0.25) is 4.79 Å². The van der Waals surface area contributed by atoms with Crippen molar-refractivity contribution in [1.82, 2.24) is 24.6 Å². The Morgan fingerprint density at radius 1 is 1.12 bits per heavy atom. The molecule has 0 N–H and O–H groups in total. The van der Waals surface area contributed by atoms with Crippen LogP contribution >= 0.6 is 11.6 Å². The number of halogens is 1. The molecule has 0 saturated carbocycles. The molecule has 132 valence electrons. The number of carbonyl (C=O) groups is 1. The number of pyridine rings is 1. The van der Waals surface area contributed by atoms with Crippen molar-refractivity contribution < 1.29 is 9.53 Å². The van der Waals surface area contributed by atoms with Crippen molar-refractivity contribution >= 4 is 17.5 Å². The quantitative estimate of drug-likeness (QED) is 0.663. The van der Waals surface area contributed by atoms with Gasteiger partial charge in [0.1, 0.15) is 10.9 Å². The molecule has 4 rings (SSSR count). The molecule has 1 aliphatic rings. The Kier molecular flexibility index (Phi) is 4.30. The Morgan fingerprint density at radius 2 is 1.92 bits per heavy atom. The molecule has 8 heteroatoms. The number of aromatic nitrogens is 4. The van der Waals surface area contributed by atoms with Crippen molar-refractivity contribution in [3.05, 3.63) is 59.1 Å². The third-order valence-corrected chi connectivity index (χ3v) is 4.59. The van der Waals surface area contributed by atoms with E-state index in [1.165, 1.54) is 6.20 Å². The number of fused-ring (bicyclic) bond motifs is 1. The maximum absolute atomic E-state index is 12.6. The van der Waals surface area contributed by atoms with Crippen LogP contribution in [0.25, 0.3) is 11.4 Å². The molecule has 0 aliphatic carbocycles. The molecule has 1 amide bonds. The zero-order valence-electron chi connectivity index (χ0n) is 14.1. The summed E-state index contributed by atoms with van der Waals surface area (Å²) < 4.78 is 7.24. The lowest BCUT2D eigenvalue weighted by molar-refractivity contribution is 0.0707. The van der Waals surface area contributed by atoms with Gasteiger partial charge in [0.2, 0.25) is 0 Å². The minimum absolute atomic E-state index is 0.0885. The second-order valence-corrected chi connectivity index (χ2v) is 6.30. The van der Waals surface area contributed by atoms with Gasteiger partial charge < -0.3 is 14.2 Å². The largest absolute Gasteiger partial charge is 0.497 e. The lowest BCUT2D eigenvalue weighted by atomic mass is 10.2. The van der Waals surface area contributed by atoms with Gasteiger partial charge in [0.15, 0.2) is 11.6 Å². The van der Waals surface area contributed by atoms with Crippen LogP contribution in [-0.2, 0) is 13.1 Å². The van der Waals surface area contributed by atoms with Gasteiger partial charge in [-0.2, -0.15) is 0 Å². The van der Waals surface area contributed by atoms with Crippen molar-refractivity contribution in [3.63, 3.8) is 0 Å². The van der Waals surface area contributed by atoms with E-state index in [-0.39, 0.29) is 5.91 Å². The van der Waals surface area contributed by atoms with Crippen LogP contribution in [0.2, 0.25) is 5.15 Å².